The Kier molecular flexibility index (Phi) is 4.79. The first-order valence-electron chi connectivity index (χ1n) is 6.51. The highest BCUT2D eigenvalue weighted by molar-refractivity contribution is 14.1. The van der Waals surface area contributed by atoms with E-state index < -0.39 is 0 Å². The van der Waals surface area contributed by atoms with Gasteiger partial charge in [0.05, 0.1) is 5.39 Å². The molecule has 5 heteroatoms. The number of hydrogen-bond acceptors (Lipinski definition) is 3. The van der Waals surface area contributed by atoms with Gasteiger partial charge >= 0.3 is 0 Å². The van der Waals surface area contributed by atoms with Crippen LogP contribution in [0.5, 0.6) is 0 Å². The molecule has 0 fully saturated rings. The first kappa shape index (κ1) is 14.3. The van der Waals surface area contributed by atoms with E-state index in [0.29, 0.717) is 29.7 Å². The Hall–Kier alpha value is -1.11. The van der Waals surface area contributed by atoms with Gasteiger partial charge in [0.2, 0.25) is 0 Å². The van der Waals surface area contributed by atoms with E-state index in [1.54, 1.807) is 4.57 Å². The summed E-state index contributed by atoms with van der Waals surface area (Å²) in [5, 5.41) is 0.621. The molecule has 0 radical (unpaired) electrons. The number of halogens is 1. The summed E-state index contributed by atoms with van der Waals surface area (Å²) in [6.45, 7) is 5.39. The van der Waals surface area contributed by atoms with Crippen molar-refractivity contribution in [1.29, 1.82) is 0 Å². The van der Waals surface area contributed by atoms with E-state index in [0.717, 1.165) is 16.4 Å². The number of benzene rings is 1. The molecule has 0 aliphatic heterocycles. The Morgan fingerprint density at radius 1 is 1.32 bits per heavy atom. The highest BCUT2D eigenvalue weighted by Gasteiger charge is 2.08. The summed E-state index contributed by atoms with van der Waals surface area (Å²) in [7, 11) is 0. The van der Waals surface area contributed by atoms with Crippen LogP contribution in [-0.4, -0.2) is 11.1 Å². The molecule has 0 saturated carbocycles. The van der Waals surface area contributed by atoms with Crippen molar-refractivity contribution >= 4 is 33.6 Å². The lowest BCUT2D eigenvalue weighted by Crippen LogP contribution is -2.33. The van der Waals surface area contributed by atoms with E-state index in [1.165, 1.54) is 0 Å². The van der Waals surface area contributed by atoms with Gasteiger partial charge in [0, 0.05) is 16.7 Å². The highest BCUT2D eigenvalue weighted by Crippen LogP contribution is 2.12. The SMILES string of the molecule is CCC/N=c1/oc2ccc(I)cc2c(=O)n1CCC. The lowest BCUT2D eigenvalue weighted by atomic mass is 10.2. The molecule has 4 nitrogen and oxygen atoms in total. The van der Waals surface area contributed by atoms with Crippen molar-refractivity contribution in [2.24, 2.45) is 4.99 Å². The van der Waals surface area contributed by atoms with Gasteiger partial charge in [-0.15, -0.1) is 0 Å². The van der Waals surface area contributed by atoms with Crippen molar-refractivity contribution < 1.29 is 4.42 Å². The van der Waals surface area contributed by atoms with E-state index in [9.17, 15) is 4.79 Å². The van der Waals surface area contributed by atoms with Crippen LogP contribution in [0.25, 0.3) is 11.0 Å². The predicted molar refractivity (Wildman–Crippen MR) is 84.2 cm³/mol. The number of aromatic nitrogens is 1. The molecule has 0 unspecified atom stereocenters. The van der Waals surface area contributed by atoms with Crippen LogP contribution < -0.4 is 11.2 Å². The molecule has 0 aliphatic rings. The molecule has 0 atom stereocenters. The summed E-state index contributed by atoms with van der Waals surface area (Å²) < 4.78 is 8.44. The summed E-state index contributed by atoms with van der Waals surface area (Å²) in [5.74, 6) is 0. The van der Waals surface area contributed by atoms with E-state index >= 15 is 0 Å². The van der Waals surface area contributed by atoms with Crippen molar-refractivity contribution in [3.05, 3.63) is 37.8 Å². The monoisotopic (exact) mass is 372 g/mol. The van der Waals surface area contributed by atoms with E-state index in [4.69, 9.17) is 4.42 Å². The van der Waals surface area contributed by atoms with Crippen LogP contribution in [0.1, 0.15) is 26.7 Å². The van der Waals surface area contributed by atoms with Gasteiger partial charge in [0.25, 0.3) is 11.2 Å². The van der Waals surface area contributed by atoms with Crippen molar-refractivity contribution in [3.8, 4) is 0 Å². The second-order valence-corrected chi connectivity index (χ2v) is 5.61. The van der Waals surface area contributed by atoms with Crippen LogP contribution >= 0.6 is 22.6 Å². The van der Waals surface area contributed by atoms with Gasteiger partial charge in [-0.25, -0.2) is 4.99 Å². The third kappa shape index (κ3) is 3.08. The van der Waals surface area contributed by atoms with Gasteiger partial charge in [-0.05, 0) is 53.6 Å². The fraction of sp³-hybridized carbons (Fsp3) is 0.429. The molecule has 2 aromatic rings. The van der Waals surface area contributed by atoms with Gasteiger partial charge in [-0.3, -0.25) is 9.36 Å². The van der Waals surface area contributed by atoms with E-state index in [1.807, 2.05) is 25.1 Å². The highest BCUT2D eigenvalue weighted by atomic mass is 127. The maximum Gasteiger partial charge on any atom is 0.300 e. The van der Waals surface area contributed by atoms with Crippen LogP contribution in [-0.2, 0) is 6.54 Å². The summed E-state index contributed by atoms with van der Waals surface area (Å²) in [6, 6.07) is 5.62. The topological polar surface area (TPSA) is 47.5 Å². The predicted octanol–water partition coefficient (Wildman–Crippen LogP) is 2.92. The Bertz CT molecular complexity index is 701. The van der Waals surface area contributed by atoms with Gasteiger partial charge in [-0.2, -0.15) is 0 Å². The molecule has 19 heavy (non-hydrogen) atoms. The van der Waals surface area contributed by atoms with Gasteiger partial charge in [0.1, 0.15) is 5.58 Å². The number of nitrogens with zero attached hydrogens (tertiary/aromatic N) is 2. The average molecular weight is 372 g/mol. The first-order valence-corrected chi connectivity index (χ1v) is 7.59. The molecule has 0 N–H and O–H groups in total. The molecule has 102 valence electrons. The Balaban J connectivity index is 2.77. The third-order valence-corrected chi connectivity index (χ3v) is 3.44. The van der Waals surface area contributed by atoms with Crippen molar-refractivity contribution in [2.45, 2.75) is 33.2 Å². The van der Waals surface area contributed by atoms with Crippen LogP contribution in [0.2, 0.25) is 0 Å². The molecular formula is C14H17IN2O2. The Morgan fingerprint density at radius 2 is 2.11 bits per heavy atom. The Morgan fingerprint density at radius 3 is 2.79 bits per heavy atom. The van der Waals surface area contributed by atoms with Gasteiger partial charge in [-0.1, -0.05) is 13.8 Å². The zero-order chi connectivity index (χ0) is 13.8. The maximum atomic E-state index is 12.5. The third-order valence-electron chi connectivity index (χ3n) is 2.77. The van der Waals surface area contributed by atoms with E-state index in [2.05, 4.69) is 34.5 Å². The quantitative estimate of drug-likeness (QED) is 0.775. The molecule has 1 aromatic carbocycles. The lowest BCUT2D eigenvalue weighted by Gasteiger charge is -2.06. The van der Waals surface area contributed by atoms with Gasteiger partial charge in [0.15, 0.2) is 0 Å². The molecule has 0 amide bonds. The smallest absolute Gasteiger partial charge is 0.300 e. The fourth-order valence-corrected chi connectivity index (χ4v) is 2.38. The normalized spacial score (nSPS) is 12.3. The molecule has 2 rings (SSSR count). The summed E-state index contributed by atoms with van der Waals surface area (Å²) in [5.41, 5.74) is 1.02. The first-order chi connectivity index (χ1) is 9.17. The second-order valence-electron chi connectivity index (χ2n) is 4.36. The van der Waals surface area contributed by atoms with Crippen molar-refractivity contribution in [2.75, 3.05) is 6.54 Å². The molecule has 0 spiro atoms. The van der Waals surface area contributed by atoms with Crippen LogP contribution in [0.3, 0.4) is 0 Å². The summed E-state index contributed by atoms with van der Waals surface area (Å²) in [4.78, 5) is 16.9. The fourth-order valence-electron chi connectivity index (χ4n) is 1.89. The molecule has 1 heterocycles. The minimum Gasteiger partial charge on any atom is -0.425 e. The van der Waals surface area contributed by atoms with Crippen LogP contribution in [0.4, 0.5) is 0 Å². The maximum absolute atomic E-state index is 12.5. The van der Waals surface area contributed by atoms with Gasteiger partial charge < -0.3 is 4.42 Å². The summed E-state index contributed by atoms with van der Waals surface area (Å²) in [6.07, 6.45) is 1.81. The zero-order valence-electron chi connectivity index (χ0n) is 11.1. The largest absolute Gasteiger partial charge is 0.425 e. The molecule has 0 aliphatic carbocycles. The summed E-state index contributed by atoms with van der Waals surface area (Å²) >= 11 is 2.20. The molecular weight excluding hydrogens is 355 g/mol. The Labute approximate surface area is 125 Å². The molecule has 0 bridgehead atoms. The standard InChI is InChI=1S/C14H17IN2O2/c1-3-7-16-14-17(8-4-2)13(18)11-9-10(15)5-6-12(11)19-14/h5-6,9H,3-4,7-8H2,1-2H3/b16-14+. The number of rotatable bonds is 4. The minimum absolute atomic E-state index is 0.0172. The van der Waals surface area contributed by atoms with Crippen LogP contribution in [0, 0.1) is 3.57 Å². The van der Waals surface area contributed by atoms with Crippen LogP contribution in [0.15, 0.2) is 32.4 Å². The number of hydrogen-bond donors (Lipinski definition) is 0. The molecule has 0 saturated heterocycles. The van der Waals surface area contributed by atoms with Crippen molar-refractivity contribution in [1.82, 2.24) is 4.57 Å². The second kappa shape index (κ2) is 6.36. The lowest BCUT2D eigenvalue weighted by molar-refractivity contribution is 0.429. The van der Waals surface area contributed by atoms with Crippen molar-refractivity contribution in [3.63, 3.8) is 0 Å². The number of fused-ring (bicyclic) bond motifs is 1. The van der Waals surface area contributed by atoms with E-state index in [-0.39, 0.29) is 5.56 Å². The molecule has 1 aromatic heterocycles. The average Bonchev–Trinajstić information content (AvgIpc) is 2.41. The minimum atomic E-state index is -0.0172. The zero-order valence-corrected chi connectivity index (χ0v) is 13.3.